The van der Waals surface area contributed by atoms with E-state index < -0.39 is 0 Å². The molecule has 4 heteroatoms. The molecular weight excluding hydrogens is 224 g/mol. The molecule has 1 aromatic heterocycles. The van der Waals surface area contributed by atoms with Gasteiger partial charge in [-0.3, -0.25) is 0 Å². The Bertz CT molecular complexity index is 381. The van der Waals surface area contributed by atoms with Crippen molar-refractivity contribution < 1.29 is 0 Å². The van der Waals surface area contributed by atoms with Gasteiger partial charge in [0, 0.05) is 12.1 Å². The number of aromatic nitrogens is 2. The minimum absolute atomic E-state index is 0.319. The van der Waals surface area contributed by atoms with Crippen LogP contribution in [0.5, 0.6) is 0 Å². The van der Waals surface area contributed by atoms with Crippen molar-refractivity contribution in [3.05, 3.63) is 5.69 Å². The number of hydrogen-bond acceptors (Lipinski definition) is 3. The lowest BCUT2D eigenvalue weighted by molar-refractivity contribution is 0.476. The highest BCUT2D eigenvalue weighted by atomic mass is 15.4. The zero-order valence-electron chi connectivity index (χ0n) is 12.6. The van der Waals surface area contributed by atoms with Gasteiger partial charge in [-0.1, -0.05) is 20.3 Å². The van der Waals surface area contributed by atoms with E-state index in [1.807, 2.05) is 11.6 Å². The van der Waals surface area contributed by atoms with E-state index in [2.05, 4.69) is 45.0 Å². The lowest BCUT2D eigenvalue weighted by Gasteiger charge is -2.21. The summed E-state index contributed by atoms with van der Waals surface area (Å²) >= 11 is 0. The molecule has 104 valence electrons. The molecule has 2 atom stereocenters. The first-order chi connectivity index (χ1) is 8.36. The van der Waals surface area contributed by atoms with Crippen LogP contribution in [0.25, 0.3) is 0 Å². The number of hydrogen-bond donors (Lipinski definition) is 2. The summed E-state index contributed by atoms with van der Waals surface area (Å²) < 4.78 is 1.98. The summed E-state index contributed by atoms with van der Waals surface area (Å²) in [7, 11) is 0. The van der Waals surface area contributed by atoms with Gasteiger partial charge in [-0.2, -0.15) is 5.10 Å². The van der Waals surface area contributed by atoms with Crippen LogP contribution in [-0.4, -0.2) is 15.8 Å². The van der Waals surface area contributed by atoms with Crippen LogP contribution in [0.3, 0.4) is 0 Å². The fourth-order valence-electron chi connectivity index (χ4n) is 2.14. The van der Waals surface area contributed by atoms with Crippen LogP contribution in [0.15, 0.2) is 0 Å². The molecule has 0 bridgehead atoms. The Labute approximate surface area is 111 Å². The van der Waals surface area contributed by atoms with Crippen molar-refractivity contribution in [3.8, 4) is 0 Å². The molecule has 18 heavy (non-hydrogen) atoms. The van der Waals surface area contributed by atoms with Gasteiger partial charge in [0.15, 0.2) is 0 Å². The number of nitrogens with one attached hydrogen (secondary N) is 1. The molecule has 1 rings (SSSR count). The smallest absolute Gasteiger partial charge is 0.148 e. The zero-order chi connectivity index (χ0) is 13.9. The van der Waals surface area contributed by atoms with Gasteiger partial charge in [0.2, 0.25) is 0 Å². The molecule has 0 aliphatic rings. The molecule has 0 saturated carbocycles. The quantitative estimate of drug-likeness (QED) is 0.813. The number of nitrogen functional groups attached to an aromatic ring is 1. The van der Waals surface area contributed by atoms with Crippen molar-refractivity contribution in [2.24, 2.45) is 5.92 Å². The largest absolute Gasteiger partial charge is 0.394 e. The van der Waals surface area contributed by atoms with Gasteiger partial charge in [-0.25, -0.2) is 4.68 Å². The molecular formula is C14H28N4. The number of anilines is 2. The van der Waals surface area contributed by atoms with Crippen LogP contribution < -0.4 is 11.1 Å². The van der Waals surface area contributed by atoms with Crippen molar-refractivity contribution in [2.45, 2.75) is 66.5 Å². The van der Waals surface area contributed by atoms with E-state index in [-0.39, 0.29) is 0 Å². The standard InChI is InChI=1S/C14H28N4/c1-7-10(4)8-11(5)16-14-13(15)12(6)17-18(14)9(2)3/h9-11,16H,7-8,15H2,1-6H3. The predicted molar refractivity (Wildman–Crippen MR) is 78.9 cm³/mol. The summed E-state index contributed by atoms with van der Waals surface area (Å²) in [5.41, 5.74) is 7.79. The van der Waals surface area contributed by atoms with Gasteiger partial charge in [0.25, 0.3) is 0 Å². The fraction of sp³-hybridized carbons (Fsp3) is 0.786. The summed E-state index contributed by atoms with van der Waals surface area (Å²) in [5.74, 6) is 1.70. The second-order valence-corrected chi connectivity index (χ2v) is 5.68. The lowest BCUT2D eigenvalue weighted by atomic mass is 10.0. The maximum atomic E-state index is 6.11. The summed E-state index contributed by atoms with van der Waals surface area (Å²) in [5, 5.41) is 8.01. The molecule has 0 aliphatic heterocycles. The Hall–Kier alpha value is -1.19. The average Bonchev–Trinajstić information content (AvgIpc) is 2.57. The Balaban J connectivity index is 2.83. The van der Waals surface area contributed by atoms with Crippen LogP contribution in [0.4, 0.5) is 11.5 Å². The molecule has 0 aliphatic carbocycles. The van der Waals surface area contributed by atoms with Gasteiger partial charge in [-0.05, 0) is 40.0 Å². The van der Waals surface area contributed by atoms with E-state index in [1.54, 1.807) is 0 Å². The molecule has 0 spiro atoms. The summed E-state index contributed by atoms with van der Waals surface area (Å²) in [4.78, 5) is 0. The second-order valence-electron chi connectivity index (χ2n) is 5.68. The molecule has 0 fully saturated rings. The molecule has 4 nitrogen and oxygen atoms in total. The third kappa shape index (κ3) is 3.40. The maximum Gasteiger partial charge on any atom is 0.148 e. The molecule has 0 aromatic carbocycles. The molecule has 0 amide bonds. The molecule has 1 heterocycles. The van der Waals surface area contributed by atoms with Crippen LogP contribution in [0.1, 0.15) is 59.2 Å². The third-order valence-electron chi connectivity index (χ3n) is 3.46. The van der Waals surface area contributed by atoms with Gasteiger partial charge in [0.1, 0.15) is 5.82 Å². The van der Waals surface area contributed by atoms with E-state index in [1.165, 1.54) is 6.42 Å². The van der Waals surface area contributed by atoms with E-state index >= 15 is 0 Å². The molecule has 2 unspecified atom stereocenters. The summed E-state index contributed by atoms with van der Waals surface area (Å²) in [6, 6.07) is 0.732. The number of aryl methyl sites for hydroxylation is 1. The van der Waals surface area contributed by atoms with Gasteiger partial charge >= 0.3 is 0 Å². The Morgan fingerprint density at radius 1 is 1.28 bits per heavy atom. The highest BCUT2D eigenvalue weighted by molar-refractivity contribution is 5.65. The van der Waals surface area contributed by atoms with E-state index in [4.69, 9.17) is 5.73 Å². The molecule has 0 saturated heterocycles. The van der Waals surface area contributed by atoms with E-state index in [9.17, 15) is 0 Å². The van der Waals surface area contributed by atoms with Crippen molar-refractivity contribution in [1.29, 1.82) is 0 Å². The highest BCUT2D eigenvalue weighted by Crippen LogP contribution is 2.27. The number of rotatable bonds is 6. The van der Waals surface area contributed by atoms with Crippen molar-refractivity contribution >= 4 is 11.5 Å². The lowest BCUT2D eigenvalue weighted by Crippen LogP contribution is -2.21. The van der Waals surface area contributed by atoms with Crippen LogP contribution in [0.2, 0.25) is 0 Å². The molecule has 0 radical (unpaired) electrons. The predicted octanol–water partition coefficient (Wildman–Crippen LogP) is 3.59. The monoisotopic (exact) mass is 252 g/mol. The van der Waals surface area contributed by atoms with E-state index in [0.717, 1.165) is 29.5 Å². The first-order valence-electron chi connectivity index (χ1n) is 6.97. The van der Waals surface area contributed by atoms with Crippen molar-refractivity contribution in [2.75, 3.05) is 11.1 Å². The Morgan fingerprint density at radius 2 is 1.89 bits per heavy atom. The topological polar surface area (TPSA) is 55.9 Å². The fourth-order valence-corrected chi connectivity index (χ4v) is 2.14. The maximum absolute atomic E-state index is 6.11. The number of nitrogens with zero attached hydrogens (tertiary/aromatic N) is 2. The minimum Gasteiger partial charge on any atom is -0.394 e. The average molecular weight is 252 g/mol. The van der Waals surface area contributed by atoms with Gasteiger partial charge in [0.05, 0.1) is 11.4 Å². The molecule has 1 aromatic rings. The van der Waals surface area contributed by atoms with Crippen LogP contribution in [0, 0.1) is 12.8 Å². The first-order valence-corrected chi connectivity index (χ1v) is 6.97. The normalized spacial score (nSPS) is 14.8. The Kier molecular flexibility index (Phi) is 5.05. The SMILES string of the molecule is CCC(C)CC(C)Nc1c(N)c(C)nn1C(C)C. The van der Waals surface area contributed by atoms with Gasteiger partial charge < -0.3 is 11.1 Å². The number of nitrogens with two attached hydrogens (primary N) is 1. The first kappa shape index (κ1) is 14.9. The highest BCUT2D eigenvalue weighted by Gasteiger charge is 2.17. The minimum atomic E-state index is 0.319. The van der Waals surface area contributed by atoms with E-state index in [0.29, 0.717) is 12.1 Å². The van der Waals surface area contributed by atoms with Crippen LogP contribution >= 0.6 is 0 Å². The zero-order valence-corrected chi connectivity index (χ0v) is 12.6. The molecule has 3 N–H and O–H groups in total. The summed E-state index contributed by atoms with van der Waals surface area (Å²) in [6.07, 6.45) is 2.36. The van der Waals surface area contributed by atoms with Crippen molar-refractivity contribution in [1.82, 2.24) is 9.78 Å². The summed E-state index contributed by atoms with van der Waals surface area (Å²) in [6.45, 7) is 12.9. The van der Waals surface area contributed by atoms with Crippen LogP contribution in [-0.2, 0) is 0 Å². The third-order valence-corrected chi connectivity index (χ3v) is 3.46. The van der Waals surface area contributed by atoms with Gasteiger partial charge in [-0.15, -0.1) is 0 Å². The Morgan fingerprint density at radius 3 is 2.39 bits per heavy atom. The second kappa shape index (κ2) is 6.12. The van der Waals surface area contributed by atoms with Crippen molar-refractivity contribution in [3.63, 3.8) is 0 Å².